The molecule has 2 aromatic rings. The molecule has 0 amide bonds. The summed E-state index contributed by atoms with van der Waals surface area (Å²) in [5.74, 6) is 0.733. The van der Waals surface area contributed by atoms with E-state index in [-0.39, 0.29) is 0 Å². The molecule has 0 saturated carbocycles. The molecule has 0 spiro atoms. The zero-order valence-electron chi connectivity index (χ0n) is 10.4. The first kappa shape index (κ1) is 14.0. The van der Waals surface area contributed by atoms with E-state index in [2.05, 4.69) is 21.2 Å². The SMILES string of the molecule is CCOc1cc(N)cc(Nc2cc(Br)ccc2Cl)c1. The molecule has 0 unspecified atom stereocenters. The van der Waals surface area contributed by atoms with Crippen LogP contribution in [0.1, 0.15) is 6.92 Å². The summed E-state index contributed by atoms with van der Waals surface area (Å²) in [6.07, 6.45) is 0. The van der Waals surface area contributed by atoms with Crippen molar-refractivity contribution in [2.45, 2.75) is 6.92 Å². The normalized spacial score (nSPS) is 10.3. The van der Waals surface area contributed by atoms with Crippen LogP contribution in [0.15, 0.2) is 40.9 Å². The Balaban J connectivity index is 2.29. The molecule has 0 saturated heterocycles. The molecule has 0 radical (unpaired) electrons. The smallest absolute Gasteiger partial charge is 0.123 e. The summed E-state index contributed by atoms with van der Waals surface area (Å²) < 4.78 is 6.41. The molecular formula is C14H14BrClN2O. The summed E-state index contributed by atoms with van der Waals surface area (Å²) in [7, 11) is 0. The molecule has 0 fully saturated rings. The number of rotatable bonds is 4. The first-order chi connectivity index (χ1) is 9.08. The number of hydrogen-bond donors (Lipinski definition) is 2. The van der Waals surface area contributed by atoms with Crippen molar-refractivity contribution in [1.29, 1.82) is 0 Å². The Kier molecular flexibility index (Phi) is 4.56. The molecule has 0 aliphatic rings. The van der Waals surface area contributed by atoms with Crippen LogP contribution in [0.25, 0.3) is 0 Å². The fourth-order valence-electron chi connectivity index (χ4n) is 1.69. The Bertz CT molecular complexity index is 590. The summed E-state index contributed by atoms with van der Waals surface area (Å²) in [4.78, 5) is 0. The molecule has 0 bridgehead atoms. The highest BCUT2D eigenvalue weighted by atomic mass is 79.9. The van der Waals surface area contributed by atoms with Crippen molar-refractivity contribution in [1.82, 2.24) is 0 Å². The molecule has 3 nitrogen and oxygen atoms in total. The first-order valence-corrected chi connectivity index (χ1v) is 7.01. The van der Waals surface area contributed by atoms with Crippen molar-refractivity contribution in [3.63, 3.8) is 0 Å². The van der Waals surface area contributed by atoms with E-state index in [1.165, 1.54) is 0 Å². The molecule has 0 aromatic heterocycles. The molecule has 19 heavy (non-hydrogen) atoms. The average molecular weight is 342 g/mol. The average Bonchev–Trinajstić information content (AvgIpc) is 2.33. The highest BCUT2D eigenvalue weighted by molar-refractivity contribution is 9.10. The quantitative estimate of drug-likeness (QED) is 0.783. The third kappa shape index (κ3) is 3.78. The van der Waals surface area contributed by atoms with Crippen LogP contribution < -0.4 is 15.8 Å². The fourth-order valence-corrected chi connectivity index (χ4v) is 2.22. The van der Waals surface area contributed by atoms with E-state index in [0.717, 1.165) is 21.6 Å². The van der Waals surface area contributed by atoms with E-state index in [4.69, 9.17) is 22.1 Å². The van der Waals surface area contributed by atoms with Crippen LogP contribution in [0.4, 0.5) is 17.1 Å². The van der Waals surface area contributed by atoms with Gasteiger partial charge in [0.2, 0.25) is 0 Å². The Labute approximate surface area is 125 Å². The Hall–Kier alpha value is -1.39. The second kappa shape index (κ2) is 6.17. The third-order valence-corrected chi connectivity index (χ3v) is 3.27. The second-order valence-electron chi connectivity index (χ2n) is 3.97. The minimum Gasteiger partial charge on any atom is -0.494 e. The first-order valence-electron chi connectivity index (χ1n) is 5.84. The van der Waals surface area contributed by atoms with Crippen LogP contribution in [-0.4, -0.2) is 6.61 Å². The molecule has 2 aromatic carbocycles. The van der Waals surface area contributed by atoms with E-state index >= 15 is 0 Å². The Morgan fingerprint density at radius 2 is 2.05 bits per heavy atom. The predicted molar refractivity (Wildman–Crippen MR) is 84.5 cm³/mol. The number of halogens is 2. The van der Waals surface area contributed by atoms with Gasteiger partial charge in [-0.2, -0.15) is 0 Å². The van der Waals surface area contributed by atoms with Crippen molar-refractivity contribution in [2.24, 2.45) is 0 Å². The number of benzene rings is 2. The topological polar surface area (TPSA) is 47.3 Å². The summed E-state index contributed by atoms with van der Waals surface area (Å²) in [5, 5.41) is 3.87. The van der Waals surface area contributed by atoms with Crippen molar-refractivity contribution in [3.8, 4) is 5.75 Å². The molecule has 0 heterocycles. The van der Waals surface area contributed by atoms with Crippen molar-refractivity contribution in [3.05, 3.63) is 45.9 Å². The van der Waals surface area contributed by atoms with Gasteiger partial charge in [-0.15, -0.1) is 0 Å². The molecule has 2 rings (SSSR count). The molecule has 0 atom stereocenters. The zero-order chi connectivity index (χ0) is 13.8. The standard InChI is InChI=1S/C14H14BrClN2O/c1-2-19-12-7-10(17)6-11(8-12)18-14-5-9(15)3-4-13(14)16/h3-8,18H,2,17H2,1H3. The molecule has 3 N–H and O–H groups in total. The lowest BCUT2D eigenvalue weighted by molar-refractivity contribution is 0.340. The van der Waals surface area contributed by atoms with E-state index in [9.17, 15) is 0 Å². The van der Waals surface area contributed by atoms with E-state index in [1.807, 2.05) is 37.3 Å². The highest BCUT2D eigenvalue weighted by Gasteiger charge is 2.04. The maximum absolute atomic E-state index is 6.14. The maximum atomic E-state index is 6.14. The number of nitrogens with two attached hydrogens (primary N) is 1. The van der Waals surface area contributed by atoms with Gasteiger partial charge in [-0.3, -0.25) is 0 Å². The van der Waals surface area contributed by atoms with Gasteiger partial charge >= 0.3 is 0 Å². The van der Waals surface area contributed by atoms with Gasteiger partial charge in [0, 0.05) is 28.0 Å². The summed E-state index contributed by atoms with van der Waals surface area (Å²) >= 11 is 9.56. The van der Waals surface area contributed by atoms with Gasteiger partial charge in [0.25, 0.3) is 0 Å². The van der Waals surface area contributed by atoms with Gasteiger partial charge < -0.3 is 15.8 Å². The van der Waals surface area contributed by atoms with E-state index in [1.54, 1.807) is 6.07 Å². The minimum atomic E-state index is 0.598. The van der Waals surface area contributed by atoms with Crippen LogP contribution in [0.5, 0.6) is 5.75 Å². The largest absolute Gasteiger partial charge is 0.494 e. The third-order valence-electron chi connectivity index (χ3n) is 2.45. The summed E-state index contributed by atoms with van der Waals surface area (Å²) in [6, 6.07) is 11.1. The molecule has 0 aliphatic carbocycles. The molecule has 0 aliphatic heterocycles. The van der Waals surface area contributed by atoms with Crippen molar-refractivity contribution >= 4 is 44.6 Å². The lowest BCUT2D eigenvalue weighted by Crippen LogP contribution is -1.97. The summed E-state index contributed by atoms with van der Waals surface area (Å²) in [6.45, 7) is 2.53. The number of nitrogen functional groups attached to an aromatic ring is 1. The Morgan fingerprint density at radius 3 is 2.79 bits per heavy atom. The molecule has 100 valence electrons. The second-order valence-corrected chi connectivity index (χ2v) is 5.30. The van der Waals surface area contributed by atoms with Gasteiger partial charge in [-0.25, -0.2) is 0 Å². The van der Waals surface area contributed by atoms with Gasteiger partial charge in [-0.05, 0) is 31.2 Å². The number of anilines is 3. The van der Waals surface area contributed by atoms with Crippen LogP contribution in [-0.2, 0) is 0 Å². The van der Waals surface area contributed by atoms with Gasteiger partial charge in [0.15, 0.2) is 0 Å². The van der Waals surface area contributed by atoms with Crippen molar-refractivity contribution in [2.75, 3.05) is 17.7 Å². The van der Waals surface area contributed by atoms with Crippen LogP contribution in [0.3, 0.4) is 0 Å². The Morgan fingerprint density at radius 1 is 1.26 bits per heavy atom. The monoisotopic (exact) mass is 340 g/mol. The maximum Gasteiger partial charge on any atom is 0.123 e. The number of hydrogen-bond acceptors (Lipinski definition) is 3. The van der Waals surface area contributed by atoms with Gasteiger partial charge in [0.05, 0.1) is 17.3 Å². The molecular weight excluding hydrogens is 328 g/mol. The van der Waals surface area contributed by atoms with Crippen LogP contribution >= 0.6 is 27.5 Å². The lowest BCUT2D eigenvalue weighted by atomic mass is 10.2. The van der Waals surface area contributed by atoms with Gasteiger partial charge in [0.1, 0.15) is 5.75 Å². The fraction of sp³-hybridized carbons (Fsp3) is 0.143. The van der Waals surface area contributed by atoms with E-state index < -0.39 is 0 Å². The van der Waals surface area contributed by atoms with Gasteiger partial charge in [-0.1, -0.05) is 27.5 Å². The number of nitrogens with one attached hydrogen (secondary N) is 1. The number of ether oxygens (including phenoxy) is 1. The predicted octanol–water partition coefficient (Wildman–Crippen LogP) is 4.83. The van der Waals surface area contributed by atoms with Crippen LogP contribution in [0.2, 0.25) is 5.02 Å². The lowest BCUT2D eigenvalue weighted by Gasteiger charge is -2.12. The highest BCUT2D eigenvalue weighted by Crippen LogP contribution is 2.31. The van der Waals surface area contributed by atoms with Crippen LogP contribution in [0, 0.1) is 0 Å². The molecule has 5 heteroatoms. The summed E-state index contributed by atoms with van der Waals surface area (Å²) in [5.41, 5.74) is 8.13. The van der Waals surface area contributed by atoms with E-state index in [0.29, 0.717) is 17.3 Å². The minimum absolute atomic E-state index is 0.598. The van der Waals surface area contributed by atoms with Crippen molar-refractivity contribution < 1.29 is 4.74 Å². The zero-order valence-corrected chi connectivity index (χ0v) is 12.8.